The number of tetrazole rings is 1. The van der Waals surface area contributed by atoms with E-state index in [0.717, 1.165) is 25.9 Å². The number of benzene rings is 1. The highest BCUT2D eigenvalue weighted by Gasteiger charge is 2.21. The third-order valence-corrected chi connectivity index (χ3v) is 4.25. The molecule has 1 aromatic heterocycles. The van der Waals surface area contributed by atoms with Crippen molar-refractivity contribution in [3.05, 3.63) is 35.7 Å². The fourth-order valence-electron chi connectivity index (χ4n) is 2.61. The Morgan fingerprint density at radius 3 is 2.57 bits per heavy atom. The maximum absolute atomic E-state index is 12.5. The Kier molecular flexibility index (Phi) is 4.55. The third kappa shape index (κ3) is 3.67. The zero-order chi connectivity index (χ0) is 16.2. The van der Waals surface area contributed by atoms with E-state index in [4.69, 9.17) is 4.74 Å². The van der Waals surface area contributed by atoms with Gasteiger partial charge in [0.05, 0.1) is 0 Å². The van der Waals surface area contributed by atoms with Crippen LogP contribution in [-0.4, -0.2) is 44.1 Å². The standard InChI is InChI=1S/C16H21N5O2/c1-12-7-9-21(10-8-12)16(22)13-3-5-14(6-4-13)23-11-15-17-18-19-20(15)2/h3-6,12H,7-11H2,1-2H3. The second kappa shape index (κ2) is 6.76. The Morgan fingerprint density at radius 2 is 1.96 bits per heavy atom. The molecule has 0 N–H and O–H groups in total. The highest BCUT2D eigenvalue weighted by atomic mass is 16.5. The average molecular weight is 315 g/mol. The maximum atomic E-state index is 12.5. The molecule has 7 nitrogen and oxygen atoms in total. The number of aromatic nitrogens is 4. The van der Waals surface area contributed by atoms with Crippen molar-refractivity contribution in [3.63, 3.8) is 0 Å². The molecule has 0 spiro atoms. The highest BCUT2D eigenvalue weighted by Crippen LogP contribution is 2.20. The number of aryl methyl sites for hydroxylation is 1. The van der Waals surface area contributed by atoms with E-state index in [1.165, 1.54) is 0 Å². The van der Waals surface area contributed by atoms with Crippen LogP contribution < -0.4 is 4.74 Å². The van der Waals surface area contributed by atoms with Crippen LogP contribution in [0.15, 0.2) is 24.3 Å². The zero-order valence-corrected chi connectivity index (χ0v) is 13.5. The molecule has 23 heavy (non-hydrogen) atoms. The Morgan fingerprint density at radius 1 is 1.26 bits per heavy atom. The van der Waals surface area contributed by atoms with Crippen LogP contribution in [0.1, 0.15) is 35.9 Å². The van der Waals surface area contributed by atoms with Crippen molar-refractivity contribution in [1.29, 1.82) is 0 Å². The van der Waals surface area contributed by atoms with Crippen molar-refractivity contribution in [2.75, 3.05) is 13.1 Å². The molecular weight excluding hydrogens is 294 g/mol. The van der Waals surface area contributed by atoms with Gasteiger partial charge in [-0.05, 0) is 53.5 Å². The first-order chi connectivity index (χ1) is 11.1. The predicted octanol–water partition coefficient (Wildman–Crippen LogP) is 1.66. The largest absolute Gasteiger partial charge is 0.486 e. The molecule has 0 unspecified atom stereocenters. The Hall–Kier alpha value is -2.44. The first kappa shape index (κ1) is 15.5. The normalized spacial score (nSPS) is 15.7. The summed E-state index contributed by atoms with van der Waals surface area (Å²) < 4.78 is 7.20. The molecule has 1 amide bonds. The lowest BCUT2D eigenvalue weighted by Gasteiger charge is -2.30. The van der Waals surface area contributed by atoms with Gasteiger partial charge in [0.25, 0.3) is 5.91 Å². The molecule has 122 valence electrons. The molecule has 0 saturated carbocycles. The van der Waals surface area contributed by atoms with Crippen molar-refractivity contribution in [2.24, 2.45) is 13.0 Å². The van der Waals surface area contributed by atoms with Crippen molar-refractivity contribution >= 4 is 5.91 Å². The van der Waals surface area contributed by atoms with Gasteiger partial charge >= 0.3 is 0 Å². The van der Waals surface area contributed by atoms with Crippen LogP contribution in [0.4, 0.5) is 0 Å². The topological polar surface area (TPSA) is 73.1 Å². The minimum atomic E-state index is 0.0981. The summed E-state index contributed by atoms with van der Waals surface area (Å²) in [6.45, 7) is 4.22. The van der Waals surface area contributed by atoms with Crippen molar-refractivity contribution < 1.29 is 9.53 Å². The number of hydrogen-bond donors (Lipinski definition) is 0. The van der Waals surface area contributed by atoms with E-state index in [1.54, 1.807) is 11.7 Å². The molecule has 2 aromatic rings. The van der Waals surface area contributed by atoms with Gasteiger partial charge < -0.3 is 9.64 Å². The van der Waals surface area contributed by atoms with Gasteiger partial charge in [-0.15, -0.1) is 5.10 Å². The smallest absolute Gasteiger partial charge is 0.253 e. The third-order valence-electron chi connectivity index (χ3n) is 4.25. The predicted molar refractivity (Wildman–Crippen MR) is 83.9 cm³/mol. The fraction of sp³-hybridized carbons (Fsp3) is 0.500. The molecular formula is C16H21N5O2. The van der Waals surface area contributed by atoms with E-state index in [9.17, 15) is 4.79 Å². The summed E-state index contributed by atoms with van der Waals surface area (Å²) in [7, 11) is 1.76. The lowest BCUT2D eigenvalue weighted by molar-refractivity contribution is 0.0697. The van der Waals surface area contributed by atoms with Crippen LogP contribution in [0.3, 0.4) is 0 Å². The lowest BCUT2D eigenvalue weighted by Crippen LogP contribution is -2.37. The number of amides is 1. The molecule has 1 saturated heterocycles. The van der Waals surface area contributed by atoms with Gasteiger partial charge in [0, 0.05) is 25.7 Å². The number of carbonyl (C=O) groups excluding carboxylic acids is 1. The molecule has 7 heteroatoms. The first-order valence-electron chi connectivity index (χ1n) is 7.87. The molecule has 0 bridgehead atoms. The number of ether oxygens (including phenoxy) is 1. The van der Waals surface area contributed by atoms with Crippen molar-refractivity contribution in [2.45, 2.75) is 26.4 Å². The van der Waals surface area contributed by atoms with Gasteiger partial charge in [-0.1, -0.05) is 6.92 Å². The lowest BCUT2D eigenvalue weighted by atomic mass is 9.98. The first-order valence-corrected chi connectivity index (χ1v) is 7.87. The highest BCUT2D eigenvalue weighted by molar-refractivity contribution is 5.94. The van der Waals surface area contributed by atoms with Gasteiger partial charge in [0.15, 0.2) is 5.82 Å². The van der Waals surface area contributed by atoms with Crippen LogP contribution in [0.25, 0.3) is 0 Å². The number of hydrogen-bond acceptors (Lipinski definition) is 5. The summed E-state index contributed by atoms with van der Waals surface area (Å²) in [6.07, 6.45) is 2.16. The summed E-state index contributed by atoms with van der Waals surface area (Å²) in [4.78, 5) is 14.4. The van der Waals surface area contributed by atoms with Gasteiger partial charge in [-0.25, -0.2) is 4.68 Å². The van der Waals surface area contributed by atoms with Crippen LogP contribution in [0.5, 0.6) is 5.75 Å². The van der Waals surface area contributed by atoms with E-state index in [0.29, 0.717) is 29.7 Å². The van der Waals surface area contributed by atoms with Gasteiger partial charge in [-0.2, -0.15) is 0 Å². The Bertz CT molecular complexity index is 659. The van der Waals surface area contributed by atoms with E-state index in [2.05, 4.69) is 22.4 Å². The molecule has 1 aromatic carbocycles. The van der Waals surface area contributed by atoms with E-state index in [-0.39, 0.29) is 5.91 Å². The van der Waals surface area contributed by atoms with E-state index < -0.39 is 0 Å². The van der Waals surface area contributed by atoms with Gasteiger partial charge in [0.2, 0.25) is 0 Å². The summed E-state index contributed by atoms with van der Waals surface area (Å²) in [6, 6.07) is 7.24. The van der Waals surface area contributed by atoms with Crippen LogP contribution >= 0.6 is 0 Å². The number of piperidine rings is 1. The summed E-state index contributed by atoms with van der Waals surface area (Å²) >= 11 is 0. The van der Waals surface area contributed by atoms with Crippen molar-refractivity contribution in [1.82, 2.24) is 25.1 Å². The second-order valence-electron chi connectivity index (χ2n) is 6.01. The number of rotatable bonds is 4. The van der Waals surface area contributed by atoms with Gasteiger partial charge in [0.1, 0.15) is 12.4 Å². The van der Waals surface area contributed by atoms with Crippen molar-refractivity contribution in [3.8, 4) is 5.75 Å². The number of nitrogens with zero attached hydrogens (tertiary/aromatic N) is 5. The molecule has 0 atom stereocenters. The zero-order valence-electron chi connectivity index (χ0n) is 13.5. The average Bonchev–Trinajstić information content (AvgIpc) is 2.99. The van der Waals surface area contributed by atoms with E-state index >= 15 is 0 Å². The molecule has 1 aliphatic heterocycles. The number of carbonyl (C=O) groups is 1. The van der Waals surface area contributed by atoms with E-state index in [1.807, 2.05) is 29.2 Å². The summed E-state index contributed by atoms with van der Waals surface area (Å²) in [5.41, 5.74) is 0.701. The molecule has 1 fully saturated rings. The minimum Gasteiger partial charge on any atom is -0.486 e. The summed E-state index contributed by atoms with van der Waals surface area (Å²) in [5.74, 6) is 2.15. The van der Waals surface area contributed by atoms with Crippen LogP contribution in [0, 0.1) is 5.92 Å². The fourth-order valence-corrected chi connectivity index (χ4v) is 2.61. The monoisotopic (exact) mass is 315 g/mol. The van der Waals surface area contributed by atoms with Crippen LogP contribution in [0.2, 0.25) is 0 Å². The number of likely N-dealkylation sites (tertiary alicyclic amines) is 1. The Balaban J connectivity index is 1.58. The molecule has 1 aliphatic rings. The minimum absolute atomic E-state index is 0.0981. The molecule has 0 radical (unpaired) electrons. The molecule has 2 heterocycles. The second-order valence-corrected chi connectivity index (χ2v) is 6.01. The SMILES string of the molecule is CC1CCN(C(=O)c2ccc(OCc3nnnn3C)cc2)CC1. The maximum Gasteiger partial charge on any atom is 0.253 e. The van der Waals surface area contributed by atoms with Gasteiger partial charge in [-0.3, -0.25) is 4.79 Å². The quantitative estimate of drug-likeness (QED) is 0.858. The Labute approximate surface area is 135 Å². The van der Waals surface area contributed by atoms with Crippen LogP contribution in [-0.2, 0) is 13.7 Å². The molecule has 0 aliphatic carbocycles. The summed E-state index contributed by atoms with van der Waals surface area (Å²) in [5, 5.41) is 11.2. The molecule has 3 rings (SSSR count).